The number of pyridine rings is 1. The van der Waals surface area contributed by atoms with Gasteiger partial charge in [-0.25, -0.2) is 0 Å². The van der Waals surface area contributed by atoms with Crippen LogP contribution in [-0.2, 0) is 30.6 Å². The Morgan fingerprint density at radius 3 is 2.32 bits per heavy atom. The first-order chi connectivity index (χ1) is 13.5. The predicted molar refractivity (Wildman–Crippen MR) is 112 cm³/mol. The second-order valence-electron chi connectivity index (χ2n) is 6.63. The van der Waals surface area contributed by atoms with Gasteiger partial charge < -0.3 is 20.6 Å². The first-order valence-electron chi connectivity index (χ1n) is 9.27. The third-order valence-electron chi connectivity index (χ3n) is 4.33. The van der Waals surface area contributed by atoms with Gasteiger partial charge in [-0.05, 0) is 12.1 Å². The molecule has 0 unspecified atom stereocenters. The molecule has 2 amide bonds. The van der Waals surface area contributed by atoms with Gasteiger partial charge in [-0.2, -0.15) is 23.5 Å². The van der Waals surface area contributed by atoms with Crippen molar-refractivity contribution in [3.8, 4) is 0 Å². The maximum absolute atomic E-state index is 12.2. The van der Waals surface area contributed by atoms with Gasteiger partial charge in [0.2, 0.25) is 11.8 Å². The summed E-state index contributed by atoms with van der Waals surface area (Å²) in [4.78, 5) is 38.9. The van der Waals surface area contributed by atoms with E-state index in [1.54, 1.807) is 23.5 Å². The van der Waals surface area contributed by atoms with E-state index in [9.17, 15) is 14.4 Å². The van der Waals surface area contributed by atoms with Gasteiger partial charge in [-0.15, -0.1) is 0 Å². The summed E-state index contributed by atoms with van der Waals surface area (Å²) >= 11 is 3.27. The van der Waals surface area contributed by atoms with Crippen molar-refractivity contribution >= 4 is 41.6 Å². The van der Waals surface area contributed by atoms with Gasteiger partial charge in [0.25, 0.3) is 0 Å². The molecule has 0 bridgehead atoms. The van der Waals surface area contributed by atoms with Crippen LogP contribution in [0, 0.1) is 0 Å². The largest absolute Gasteiger partial charge is 0.381 e. The fourth-order valence-corrected chi connectivity index (χ4v) is 4.43. The lowest BCUT2D eigenvalue weighted by molar-refractivity contribution is -0.129. The molecule has 1 aliphatic heterocycles. The molecule has 3 N–H and O–H groups in total. The molecule has 0 spiro atoms. The highest BCUT2D eigenvalue weighted by Gasteiger charge is 2.33. The average molecular weight is 426 g/mol. The number of aldehydes is 1. The molecule has 1 aromatic rings. The van der Waals surface area contributed by atoms with Crippen molar-refractivity contribution in [2.45, 2.75) is 42.7 Å². The van der Waals surface area contributed by atoms with E-state index in [1.165, 1.54) is 0 Å². The Morgan fingerprint density at radius 1 is 1.14 bits per heavy atom. The van der Waals surface area contributed by atoms with Crippen LogP contribution in [0.25, 0.3) is 0 Å². The van der Waals surface area contributed by atoms with Crippen molar-refractivity contribution in [3.63, 3.8) is 0 Å². The van der Waals surface area contributed by atoms with Crippen molar-refractivity contribution in [1.82, 2.24) is 10.3 Å². The Hall–Kier alpha value is -1.58. The highest BCUT2D eigenvalue weighted by molar-refractivity contribution is 7.98. The normalized spacial score (nSPS) is 15.7. The summed E-state index contributed by atoms with van der Waals surface area (Å²) in [6.45, 7) is 0.993. The smallest absolute Gasteiger partial charge is 0.221 e. The fraction of sp³-hybridized carbons (Fsp3) is 0.579. The number of ether oxygens (including phenoxy) is 1. The van der Waals surface area contributed by atoms with E-state index in [0.717, 1.165) is 29.2 Å². The van der Waals surface area contributed by atoms with E-state index in [-0.39, 0.29) is 11.8 Å². The molecule has 0 aromatic carbocycles. The Kier molecular flexibility index (Phi) is 9.80. The van der Waals surface area contributed by atoms with Gasteiger partial charge in [0, 0.05) is 61.9 Å². The van der Waals surface area contributed by atoms with E-state index in [1.807, 2.05) is 18.2 Å². The molecule has 154 valence electrons. The molecule has 0 atom stereocenters. The number of primary amides is 1. The van der Waals surface area contributed by atoms with Crippen molar-refractivity contribution in [1.29, 1.82) is 0 Å². The molecule has 0 aliphatic carbocycles. The lowest BCUT2D eigenvalue weighted by Crippen LogP contribution is -2.53. The van der Waals surface area contributed by atoms with Crippen LogP contribution >= 0.6 is 23.5 Å². The highest BCUT2D eigenvalue weighted by atomic mass is 32.2. The number of hydrogen-bond acceptors (Lipinski definition) is 7. The summed E-state index contributed by atoms with van der Waals surface area (Å²) in [5.74, 6) is 2.43. The Bertz CT molecular complexity index is 666. The summed E-state index contributed by atoms with van der Waals surface area (Å²) < 4.78 is 5.26. The molecule has 2 heterocycles. The van der Waals surface area contributed by atoms with E-state index < -0.39 is 5.54 Å². The van der Waals surface area contributed by atoms with Crippen molar-refractivity contribution in [2.75, 3.05) is 24.7 Å². The van der Waals surface area contributed by atoms with Crippen molar-refractivity contribution < 1.29 is 19.1 Å². The number of hydrogen-bond donors (Lipinski definition) is 2. The van der Waals surface area contributed by atoms with Gasteiger partial charge in [0.1, 0.15) is 6.29 Å². The number of aromatic nitrogens is 1. The van der Waals surface area contributed by atoms with Crippen LogP contribution in [0.3, 0.4) is 0 Å². The summed E-state index contributed by atoms with van der Waals surface area (Å²) in [5, 5.41) is 2.87. The van der Waals surface area contributed by atoms with Gasteiger partial charge in [0.05, 0.1) is 16.9 Å². The van der Waals surface area contributed by atoms with Crippen LogP contribution in [0.5, 0.6) is 0 Å². The number of carbonyl (C=O) groups is 3. The molecule has 1 saturated heterocycles. The molecule has 0 saturated carbocycles. The molecule has 0 radical (unpaired) electrons. The molecule has 9 heteroatoms. The fourth-order valence-electron chi connectivity index (χ4n) is 2.73. The lowest BCUT2D eigenvalue weighted by Gasteiger charge is -2.32. The zero-order valence-electron chi connectivity index (χ0n) is 15.9. The molecule has 1 aromatic heterocycles. The number of carbonyl (C=O) groups excluding carboxylic acids is 3. The van der Waals surface area contributed by atoms with Gasteiger partial charge in [-0.1, -0.05) is 6.07 Å². The zero-order chi connectivity index (χ0) is 20.2. The molecule has 1 fully saturated rings. The van der Waals surface area contributed by atoms with Gasteiger partial charge in [-0.3, -0.25) is 14.6 Å². The number of nitrogens with one attached hydrogen (secondary N) is 1. The first-order valence-corrected chi connectivity index (χ1v) is 11.6. The van der Waals surface area contributed by atoms with Crippen LogP contribution in [0.2, 0.25) is 0 Å². The SMILES string of the molecule is NC(=O)CCSCc1cccc(CSCCC(=O)NC2(C=O)CCOCC2)n1. The Labute approximate surface area is 173 Å². The van der Waals surface area contributed by atoms with E-state index in [2.05, 4.69) is 10.3 Å². The topological polar surface area (TPSA) is 111 Å². The number of rotatable bonds is 12. The first kappa shape index (κ1) is 22.7. The maximum Gasteiger partial charge on any atom is 0.221 e. The monoisotopic (exact) mass is 425 g/mol. The average Bonchev–Trinajstić information content (AvgIpc) is 2.69. The minimum atomic E-state index is -0.762. The van der Waals surface area contributed by atoms with Crippen LogP contribution in [0.1, 0.15) is 37.1 Å². The second-order valence-corrected chi connectivity index (χ2v) is 8.84. The third kappa shape index (κ3) is 8.20. The molecule has 2 rings (SSSR count). The number of amides is 2. The van der Waals surface area contributed by atoms with Crippen LogP contribution < -0.4 is 11.1 Å². The van der Waals surface area contributed by atoms with E-state index in [0.29, 0.717) is 50.4 Å². The van der Waals surface area contributed by atoms with Gasteiger partial charge in [0.15, 0.2) is 0 Å². The summed E-state index contributed by atoms with van der Waals surface area (Å²) in [6.07, 6.45) is 2.65. The zero-order valence-corrected chi connectivity index (χ0v) is 17.5. The summed E-state index contributed by atoms with van der Waals surface area (Å²) in [5.41, 5.74) is 6.30. The Balaban J connectivity index is 1.67. The maximum atomic E-state index is 12.2. The minimum Gasteiger partial charge on any atom is -0.381 e. The van der Waals surface area contributed by atoms with Crippen molar-refractivity contribution in [2.24, 2.45) is 5.73 Å². The van der Waals surface area contributed by atoms with E-state index in [4.69, 9.17) is 10.5 Å². The molecular formula is C19H27N3O4S2. The Morgan fingerprint density at radius 2 is 1.75 bits per heavy atom. The minimum absolute atomic E-state index is 0.103. The quantitative estimate of drug-likeness (QED) is 0.387. The van der Waals surface area contributed by atoms with Crippen LogP contribution in [-0.4, -0.2) is 53.3 Å². The molecular weight excluding hydrogens is 398 g/mol. The second kappa shape index (κ2) is 12.1. The summed E-state index contributed by atoms with van der Waals surface area (Å²) in [6, 6.07) is 5.90. The highest BCUT2D eigenvalue weighted by Crippen LogP contribution is 2.19. The standard InChI is InChI=1S/C19H27N3O4S2/c20-17(24)4-10-27-12-15-2-1-3-16(21-15)13-28-11-5-18(25)22-19(14-23)6-8-26-9-7-19/h1-3,14H,4-13H2,(H2,20,24)(H,22,25). The third-order valence-corrected chi connectivity index (χ3v) is 6.31. The number of nitrogens with zero attached hydrogens (tertiary/aromatic N) is 1. The van der Waals surface area contributed by atoms with Crippen LogP contribution in [0.4, 0.5) is 0 Å². The predicted octanol–water partition coefficient (Wildman–Crippen LogP) is 1.68. The lowest BCUT2D eigenvalue weighted by atomic mass is 9.91. The van der Waals surface area contributed by atoms with E-state index >= 15 is 0 Å². The number of thioether (sulfide) groups is 2. The summed E-state index contributed by atoms with van der Waals surface area (Å²) in [7, 11) is 0. The number of nitrogens with two attached hydrogens (primary N) is 1. The van der Waals surface area contributed by atoms with Gasteiger partial charge >= 0.3 is 0 Å². The molecule has 1 aliphatic rings. The molecule has 7 nitrogen and oxygen atoms in total. The molecule has 28 heavy (non-hydrogen) atoms. The van der Waals surface area contributed by atoms with Crippen molar-refractivity contribution in [3.05, 3.63) is 29.6 Å². The van der Waals surface area contributed by atoms with Crippen LogP contribution in [0.15, 0.2) is 18.2 Å².